The lowest BCUT2D eigenvalue weighted by Gasteiger charge is -2.13. The zero-order valence-corrected chi connectivity index (χ0v) is 9.21. The number of carbonyl (C=O) groups excluding carboxylic acids is 1. The minimum Gasteiger partial charge on any atom is -0.450 e. The number of nitrogens with zero attached hydrogens (tertiary/aromatic N) is 3. The van der Waals surface area contributed by atoms with Crippen molar-refractivity contribution in [1.29, 1.82) is 0 Å². The first-order valence-corrected chi connectivity index (χ1v) is 5.79. The van der Waals surface area contributed by atoms with Crippen LogP contribution in [0.3, 0.4) is 0 Å². The fraction of sp³-hybridized carbons (Fsp3) is 0.625. The SMILES string of the molecule is CCOC(=O)Nc1nnc2n1CCCS2. The van der Waals surface area contributed by atoms with Gasteiger partial charge in [0.1, 0.15) is 0 Å². The van der Waals surface area contributed by atoms with Gasteiger partial charge >= 0.3 is 6.09 Å². The number of ether oxygens (including phenoxy) is 1. The predicted molar refractivity (Wildman–Crippen MR) is 56.0 cm³/mol. The van der Waals surface area contributed by atoms with Crippen molar-refractivity contribution in [3.8, 4) is 0 Å². The molecule has 1 aliphatic heterocycles. The molecule has 0 fully saturated rings. The summed E-state index contributed by atoms with van der Waals surface area (Å²) in [5.41, 5.74) is 0. The Morgan fingerprint density at radius 1 is 1.67 bits per heavy atom. The van der Waals surface area contributed by atoms with Crippen molar-refractivity contribution in [3.63, 3.8) is 0 Å². The molecule has 1 aliphatic rings. The van der Waals surface area contributed by atoms with Crippen LogP contribution < -0.4 is 5.32 Å². The highest BCUT2D eigenvalue weighted by molar-refractivity contribution is 7.99. The van der Waals surface area contributed by atoms with Crippen molar-refractivity contribution in [2.75, 3.05) is 17.7 Å². The highest BCUT2D eigenvalue weighted by atomic mass is 32.2. The zero-order chi connectivity index (χ0) is 10.7. The first-order chi connectivity index (χ1) is 7.31. The summed E-state index contributed by atoms with van der Waals surface area (Å²) in [5.74, 6) is 1.52. The van der Waals surface area contributed by atoms with Gasteiger partial charge in [-0.3, -0.25) is 9.88 Å². The van der Waals surface area contributed by atoms with E-state index in [0.717, 1.165) is 23.9 Å². The lowest BCUT2D eigenvalue weighted by molar-refractivity contribution is 0.167. The fourth-order valence-corrected chi connectivity index (χ4v) is 2.22. The average molecular weight is 228 g/mol. The average Bonchev–Trinajstić information content (AvgIpc) is 2.62. The lowest BCUT2D eigenvalue weighted by Crippen LogP contribution is -2.18. The number of aromatic nitrogens is 3. The number of hydrogen-bond donors (Lipinski definition) is 1. The van der Waals surface area contributed by atoms with Gasteiger partial charge in [0.25, 0.3) is 0 Å². The summed E-state index contributed by atoms with van der Waals surface area (Å²) in [4.78, 5) is 11.2. The second kappa shape index (κ2) is 4.52. The van der Waals surface area contributed by atoms with Crippen molar-refractivity contribution in [1.82, 2.24) is 14.8 Å². The third-order valence-electron chi connectivity index (χ3n) is 1.96. The Bertz CT molecular complexity index is 366. The molecule has 15 heavy (non-hydrogen) atoms. The molecule has 6 nitrogen and oxygen atoms in total. The first kappa shape index (κ1) is 10.3. The Balaban J connectivity index is 2.08. The van der Waals surface area contributed by atoms with Crippen molar-refractivity contribution in [2.24, 2.45) is 0 Å². The normalized spacial score (nSPS) is 14.5. The molecule has 1 aromatic heterocycles. The number of carbonyl (C=O) groups is 1. The van der Waals surface area contributed by atoms with Crippen LogP contribution in [0.1, 0.15) is 13.3 Å². The van der Waals surface area contributed by atoms with E-state index in [4.69, 9.17) is 4.74 Å². The van der Waals surface area contributed by atoms with Crippen LogP contribution in [0.15, 0.2) is 5.16 Å². The molecule has 0 spiro atoms. The first-order valence-electron chi connectivity index (χ1n) is 4.81. The number of anilines is 1. The van der Waals surface area contributed by atoms with Gasteiger partial charge in [-0.15, -0.1) is 10.2 Å². The quantitative estimate of drug-likeness (QED) is 0.827. The summed E-state index contributed by atoms with van der Waals surface area (Å²) >= 11 is 1.65. The maximum atomic E-state index is 11.2. The molecule has 2 rings (SSSR count). The van der Waals surface area contributed by atoms with Gasteiger partial charge in [-0.25, -0.2) is 4.79 Å². The number of rotatable bonds is 2. The third-order valence-corrected chi connectivity index (χ3v) is 3.02. The van der Waals surface area contributed by atoms with E-state index in [-0.39, 0.29) is 0 Å². The maximum absolute atomic E-state index is 11.2. The summed E-state index contributed by atoms with van der Waals surface area (Å²) in [6.45, 7) is 2.95. The van der Waals surface area contributed by atoms with E-state index in [1.807, 2.05) is 4.57 Å². The summed E-state index contributed by atoms with van der Waals surface area (Å²) in [6, 6.07) is 0. The van der Waals surface area contributed by atoms with Crippen LogP contribution in [0.4, 0.5) is 10.7 Å². The standard InChI is InChI=1S/C8H12N4O2S/c1-2-14-8(13)9-6-10-11-7-12(6)4-3-5-15-7/h2-5H2,1H3,(H,9,10,13). The molecule has 0 aromatic carbocycles. The second-order valence-corrected chi connectivity index (χ2v) is 4.07. The molecular weight excluding hydrogens is 216 g/mol. The van der Waals surface area contributed by atoms with Gasteiger partial charge in [-0.2, -0.15) is 0 Å². The third kappa shape index (κ3) is 2.23. The molecule has 1 amide bonds. The molecule has 82 valence electrons. The van der Waals surface area contributed by atoms with Gasteiger partial charge in [0.2, 0.25) is 5.95 Å². The topological polar surface area (TPSA) is 69.0 Å². The molecular formula is C8H12N4O2S. The van der Waals surface area contributed by atoms with Crippen molar-refractivity contribution in [3.05, 3.63) is 0 Å². The highest BCUT2D eigenvalue weighted by Crippen LogP contribution is 2.25. The van der Waals surface area contributed by atoms with E-state index in [1.54, 1.807) is 18.7 Å². The summed E-state index contributed by atoms with van der Waals surface area (Å²) in [6.07, 6.45) is 0.580. The monoisotopic (exact) mass is 228 g/mol. The minimum atomic E-state index is -0.483. The number of nitrogens with one attached hydrogen (secondary N) is 1. The summed E-state index contributed by atoms with van der Waals surface area (Å²) in [7, 11) is 0. The Kier molecular flexibility index (Phi) is 3.10. The van der Waals surface area contributed by atoms with Crippen LogP contribution in [0, 0.1) is 0 Å². The van der Waals surface area contributed by atoms with Gasteiger partial charge in [0.05, 0.1) is 6.61 Å². The number of fused-ring (bicyclic) bond motifs is 1. The van der Waals surface area contributed by atoms with E-state index < -0.39 is 6.09 Å². The molecule has 0 atom stereocenters. The minimum absolute atomic E-state index is 0.349. The molecule has 2 heterocycles. The Morgan fingerprint density at radius 3 is 3.33 bits per heavy atom. The van der Waals surface area contributed by atoms with Gasteiger partial charge in [0, 0.05) is 12.3 Å². The summed E-state index contributed by atoms with van der Waals surface area (Å²) < 4.78 is 6.66. The van der Waals surface area contributed by atoms with Crippen molar-refractivity contribution in [2.45, 2.75) is 25.0 Å². The zero-order valence-electron chi connectivity index (χ0n) is 8.39. The molecule has 7 heteroatoms. The van der Waals surface area contributed by atoms with Crippen LogP contribution in [0.2, 0.25) is 0 Å². The van der Waals surface area contributed by atoms with E-state index in [2.05, 4.69) is 15.5 Å². The van der Waals surface area contributed by atoms with Crippen LogP contribution in [-0.2, 0) is 11.3 Å². The largest absolute Gasteiger partial charge is 0.450 e. The Labute approximate surface area is 91.4 Å². The van der Waals surface area contributed by atoms with E-state index in [1.165, 1.54) is 0 Å². The maximum Gasteiger partial charge on any atom is 0.414 e. The molecule has 1 aromatic rings. The second-order valence-electron chi connectivity index (χ2n) is 3.01. The lowest BCUT2D eigenvalue weighted by atomic mass is 10.5. The van der Waals surface area contributed by atoms with Crippen molar-refractivity contribution < 1.29 is 9.53 Å². The highest BCUT2D eigenvalue weighted by Gasteiger charge is 2.17. The van der Waals surface area contributed by atoms with Gasteiger partial charge in [0.15, 0.2) is 5.16 Å². The molecule has 0 unspecified atom stereocenters. The fourth-order valence-electron chi connectivity index (χ4n) is 1.33. The van der Waals surface area contributed by atoms with E-state index in [0.29, 0.717) is 12.6 Å². The molecule has 1 N–H and O–H groups in total. The molecule has 0 aliphatic carbocycles. The van der Waals surface area contributed by atoms with Crippen LogP contribution in [-0.4, -0.2) is 33.2 Å². The Hall–Kier alpha value is -1.24. The molecule has 0 saturated heterocycles. The number of hydrogen-bond acceptors (Lipinski definition) is 5. The smallest absolute Gasteiger partial charge is 0.414 e. The predicted octanol–water partition coefficient (Wildman–Crippen LogP) is 1.34. The van der Waals surface area contributed by atoms with E-state index in [9.17, 15) is 4.79 Å². The van der Waals surface area contributed by atoms with E-state index >= 15 is 0 Å². The molecule has 0 radical (unpaired) electrons. The van der Waals surface area contributed by atoms with Crippen molar-refractivity contribution >= 4 is 23.8 Å². The van der Waals surface area contributed by atoms with Crippen LogP contribution in [0.25, 0.3) is 0 Å². The van der Waals surface area contributed by atoms with Crippen LogP contribution >= 0.6 is 11.8 Å². The number of amides is 1. The summed E-state index contributed by atoms with van der Waals surface area (Å²) in [5, 5.41) is 11.3. The van der Waals surface area contributed by atoms with Gasteiger partial charge in [-0.05, 0) is 13.3 Å². The number of thioether (sulfide) groups is 1. The van der Waals surface area contributed by atoms with Crippen LogP contribution in [0.5, 0.6) is 0 Å². The van der Waals surface area contributed by atoms with Gasteiger partial charge < -0.3 is 4.74 Å². The molecule has 0 bridgehead atoms. The Morgan fingerprint density at radius 2 is 2.53 bits per heavy atom. The van der Waals surface area contributed by atoms with Gasteiger partial charge in [-0.1, -0.05) is 11.8 Å². The molecule has 0 saturated carbocycles.